The minimum Gasteiger partial charge on any atom is -0.322 e. The van der Waals surface area contributed by atoms with Crippen molar-refractivity contribution in [3.63, 3.8) is 0 Å². The van der Waals surface area contributed by atoms with Crippen molar-refractivity contribution >= 4 is 22.6 Å². The molecule has 0 bridgehead atoms. The van der Waals surface area contributed by atoms with Crippen molar-refractivity contribution in [3.8, 4) is 0 Å². The van der Waals surface area contributed by atoms with Crippen molar-refractivity contribution in [1.29, 1.82) is 0 Å². The molecule has 112 valence electrons. The van der Waals surface area contributed by atoms with Gasteiger partial charge in [0, 0.05) is 12.6 Å². The molecule has 0 radical (unpaired) electrons. The van der Waals surface area contributed by atoms with Crippen molar-refractivity contribution in [3.05, 3.63) is 29.6 Å². The van der Waals surface area contributed by atoms with E-state index in [9.17, 15) is 0 Å². The molecule has 0 saturated carbocycles. The second-order valence-electron chi connectivity index (χ2n) is 6.50. The summed E-state index contributed by atoms with van der Waals surface area (Å²) in [5.74, 6) is 1.04. The monoisotopic (exact) mass is 303 g/mol. The molecule has 4 rings (SSSR count). The van der Waals surface area contributed by atoms with E-state index in [2.05, 4.69) is 34.6 Å². The summed E-state index contributed by atoms with van der Waals surface area (Å²) < 4.78 is 2.45. The summed E-state index contributed by atoms with van der Waals surface area (Å²) in [7, 11) is 0. The maximum atomic E-state index is 6.46. The van der Waals surface area contributed by atoms with E-state index in [1.54, 1.807) is 0 Å². The van der Waals surface area contributed by atoms with Gasteiger partial charge in [-0.1, -0.05) is 12.1 Å². The number of aryl methyl sites for hydroxylation is 1. The zero-order valence-corrected chi connectivity index (χ0v) is 13.5. The summed E-state index contributed by atoms with van der Waals surface area (Å²) in [4.78, 5) is 7.53. The number of rotatable bonds is 2. The van der Waals surface area contributed by atoms with Crippen LogP contribution in [0, 0.1) is 6.92 Å². The number of benzene rings is 1. The van der Waals surface area contributed by atoms with E-state index < -0.39 is 0 Å². The summed E-state index contributed by atoms with van der Waals surface area (Å²) >= 11 is 6.46. The summed E-state index contributed by atoms with van der Waals surface area (Å²) in [5, 5.41) is -0.0488. The number of hydrogen-bond acceptors (Lipinski definition) is 2. The molecule has 3 nitrogen and oxygen atoms in total. The Morgan fingerprint density at radius 2 is 2.10 bits per heavy atom. The maximum absolute atomic E-state index is 6.46. The average Bonchev–Trinajstić information content (AvgIpc) is 3.10. The van der Waals surface area contributed by atoms with Gasteiger partial charge in [0.15, 0.2) is 0 Å². The van der Waals surface area contributed by atoms with Crippen molar-refractivity contribution in [1.82, 2.24) is 14.5 Å². The fourth-order valence-electron chi connectivity index (χ4n) is 4.26. The second-order valence-corrected chi connectivity index (χ2v) is 7.15. The molecule has 2 fully saturated rings. The summed E-state index contributed by atoms with van der Waals surface area (Å²) in [6.07, 6.45) is 3.87. The Morgan fingerprint density at radius 3 is 2.90 bits per heavy atom. The van der Waals surface area contributed by atoms with Crippen LogP contribution >= 0.6 is 11.6 Å². The van der Waals surface area contributed by atoms with Crippen molar-refractivity contribution in [2.24, 2.45) is 0 Å². The number of alkyl halides is 1. The predicted octanol–water partition coefficient (Wildman–Crippen LogP) is 4.05. The predicted molar refractivity (Wildman–Crippen MR) is 87.0 cm³/mol. The number of imidazole rings is 1. The Labute approximate surface area is 130 Å². The van der Waals surface area contributed by atoms with Crippen LogP contribution in [0.25, 0.3) is 11.0 Å². The molecule has 2 aliphatic heterocycles. The normalized spacial score (nSPS) is 27.4. The highest BCUT2D eigenvalue weighted by atomic mass is 35.5. The van der Waals surface area contributed by atoms with Crippen LogP contribution < -0.4 is 0 Å². The molecular formula is C17H22ClN3. The molecule has 0 spiro atoms. The fourth-order valence-corrected chi connectivity index (χ4v) is 4.42. The lowest BCUT2D eigenvalue weighted by atomic mass is 10.1. The number of hydrogen-bond donors (Lipinski definition) is 0. The topological polar surface area (TPSA) is 21.1 Å². The lowest BCUT2D eigenvalue weighted by Crippen LogP contribution is -2.28. The van der Waals surface area contributed by atoms with E-state index in [0.717, 1.165) is 11.3 Å². The zero-order valence-electron chi connectivity index (χ0n) is 12.7. The Hall–Kier alpha value is -1.06. The Bertz CT molecular complexity index is 676. The molecule has 21 heavy (non-hydrogen) atoms. The molecule has 2 aliphatic rings. The van der Waals surface area contributed by atoms with Crippen LogP contribution in [0.1, 0.15) is 49.0 Å². The minimum atomic E-state index is -0.0488. The zero-order chi connectivity index (χ0) is 14.6. The first-order valence-corrected chi connectivity index (χ1v) is 8.46. The number of fused-ring (bicyclic) bond motifs is 2. The van der Waals surface area contributed by atoms with E-state index in [-0.39, 0.29) is 5.38 Å². The van der Waals surface area contributed by atoms with Gasteiger partial charge in [0.25, 0.3) is 0 Å². The molecule has 1 aromatic carbocycles. The van der Waals surface area contributed by atoms with Gasteiger partial charge in [-0.15, -0.1) is 11.6 Å². The molecule has 3 heterocycles. The number of nitrogens with zero attached hydrogens (tertiary/aromatic N) is 3. The van der Waals surface area contributed by atoms with Gasteiger partial charge < -0.3 is 4.57 Å². The van der Waals surface area contributed by atoms with Crippen LogP contribution in [-0.4, -0.2) is 33.6 Å². The van der Waals surface area contributed by atoms with Gasteiger partial charge in [0.05, 0.1) is 22.5 Å². The first-order chi connectivity index (χ1) is 10.2. The standard InChI is InChI=1S/C17H22ClN3/c1-11-5-3-6-15-16(11)19-17(12(2)18)21(15)14-8-10-20-9-4-7-13(14)20/h3,5-6,12-14H,4,7-10H2,1-2H3. The van der Waals surface area contributed by atoms with Gasteiger partial charge >= 0.3 is 0 Å². The highest BCUT2D eigenvalue weighted by molar-refractivity contribution is 6.20. The quantitative estimate of drug-likeness (QED) is 0.780. The van der Waals surface area contributed by atoms with Gasteiger partial charge in [-0.3, -0.25) is 4.90 Å². The van der Waals surface area contributed by atoms with Gasteiger partial charge in [-0.2, -0.15) is 0 Å². The molecule has 0 aliphatic carbocycles. The third kappa shape index (κ3) is 2.01. The van der Waals surface area contributed by atoms with Crippen molar-refractivity contribution in [2.75, 3.05) is 13.1 Å². The van der Waals surface area contributed by atoms with Gasteiger partial charge in [0.1, 0.15) is 5.82 Å². The van der Waals surface area contributed by atoms with Gasteiger partial charge in [-0.05, 0) is 51.3 Å². The van der Waals surface area contributed by atoms with E-state index in [1.807, 2.05) is 6.92 Å². The SMILES string of the molecule is Cc1cccc2c1nc(C(C)Cl)n2C1CCN2CCCC12. The van der Waals surface area contributed by atoms with Crippen LogP contribution in [0.15, 0.2) is 18.2 Å². The van der Waals surface area contributed by atoms with Gasteiger partial charge in [0.2, 0.25) is 0 Å². The number of halogens is 1. The minimum absolute atomic E-state index is 0.0488. The third-order valence-corrected chi connectivity index (χ3v) is 5.40. The molecule has 4 heteroatoms. The smallest absolute Gasteiger partial charge is 0.128 e. The highest BCUT2D eigenvalue weighted by Crippen LogP contribution is 2.40. The second kappa shape index (κ2) is 4.99. The van der Waals surface area contributed by atoms with E-state index in [0.29, 0.717) is 12.1 Å². The molecule has 0 amide bonds. The molecular weight excluding hydrogens is 282 g/mol. The summed E-state index contributed by atoms with van der Waals surface area (Å²) in [6, 6.07) is 7.70. The Balaban J connectivity index is 1.90. The summed E-state index contributed by atoms with van der Waals surface area (Å²) in [6.45, 7) is 6.66. The first kappa shape index (κ1) is 13.6. The molecule has 3 unspecified atom stereocenters. The Kier molecular flexibility index (Phi) is 3.23. The lowest BCUT2D eigenvalue weighted by Gasteiger charge is -2.24. The third-order valence-electron chi connectivity index (χ3n) is 5.21. The molecule has 2 aromatic rings. The number of aromatic nitrogens is 2. The van der Waals surface area contributed by atoms with Crippen LogP contribution in [-0.2, 0) is 0 Å². The Morgan fingerprint density at radius 1 is 1.24 bits per heavy atom. The van der Waals surface area contributed by atoms with Crippen molar-refractivity contribution < 1.29 is 0 Å². The largest absolute Gasteiger partial charge is 0.322 e. The average molecular weight is 304 g/mol. The molecule has 2 saturated heterocycles. The van der Waals surface area contributed by atoms with E-state index in [1.165, 1.54) is 43.4 Å². The van der Waals surface area contributed by atoms with Crippen LogP contribution in [0.2, 0.25) is 0 Å². The molecule has 0 N–H and O–H groups in total. The fraction of sp³-hybridized carbons (Fsp3) is 0.588. The summed E-state index contributed by atoms with van der Waals surface area (Å²) in [5.41, 5.74) is 3.62. The highest BCUT2D eigenvalue weighted by Gasteiger charge is 2.39. The maximum Gasteiger partial charge on any atom is 0.128 e. The first-order valence-electron chi connectivity index (χ1n) is 8.02. The van der Waals surface area contributed by atoms with Crippen LogP contribution in [0.3, 0.4) is 0 Å². The van der Waals surface area contributed by atoms with Crippen molar-refractivity contribution in [2.45, 2.75) is 50.6 Å². The van der Waals surface area contributed by atoms with Crippen LogP contribution in [0.5, 0.6) is 0 Å². The lowest BCUT2D eigenvalue weighted by molar-refractivity contribution is 0.290. The van der Waals surface area contributed by atoms with E-state index >= 15 is 0 Å². The van der Waals surface area contributed by atoms with Gasteiger partial charge in [-0.25, -0.2) is 4.98 Å². The molecule has 3 atom stereocenters. The number of para-hydroxylation sites is 1. The van der Waals surface area contributed by atoms with E-state index in [4.69, 9.17) is 16.6 Å². The molecule has 1 aromatic heterocycles. The van der Waals surface area contributed by atoms with Crippen LogP contribution in [0.4, 0.5) is 0 Å².